The predicted octanol–water partition coefficient (Wildman–Crippen LogP) is 5.34. The Bertz CT molecular complexity index is 790. The minimum Gasteiger partial charge on any atom is -0.496 e. The molecule has 0 saturated heterocycles. The highest BCUT2D eigenvalue weighted by Gasteiger charge is 2.20. The van der Waals surface area contributed by atoms with Crippen molar-refractivity contribution in [1.29, 1.82) is 0 Å². The monoisotopic (exact) mass is 383 g/mol. The Morgan fingerprint density at radius 1 is 1.11 bits per heavy atom. The highest BCUT2D eigenvalue weighted by Crippen LogP contribution is 2.26. The first-order valence-corrected chi connectivity index (χ1v) is 9.87. The van der Waals surface area contributed by atoms with Gasteiger partial charge in [0.2, 0.25) is 0 Å². The van der Waals surface area contributed by atoms with Gasteiger partial charge in [-0.05, 0) is 60.6 Å². The molecule has 0 saturated carbocycles. The number of nitrogens with one attached hydrogen (secondary N) is 1. The zero-order valence-electron chi connectivity index (χ0n) is 18.1. The van der Waals surface area contributed by atoms with E-state index in [9.17, 15) is 4.79 Å². The number of hydrogen-bond donors (Lipinski definition) is 1. The molecule has 0 aliphatic carbocycles. The third-order valence-electron chi connectivity index (χ3n) is 4.95. The summed E-state index contributed by atoms with van der Waals surface area (Å²) in [4.78, 5) is 12.7. The van der Waals surface area contributed by atoms with Crippen molar-refractivity contribution in [2.24, 2.45) is 0 Å². The number of carbonyl (C=O) groups is 1. The number of carbonyl (C=O) groups excluding carboxylic acids is 1. The van der Waals surface area contributed by atoms with Crippen LogP contribution in [0.25, 0.3) is 0 Å². The summed E-state index contributed by atoms with van der Waals surface area (Å²) < 4.78 is 11.2. The quantitative estimate of drug-likeness (QED) is 0.702. The van der Waals surface area contributed by atoms with Gasteiger partial charge in [0.05, 0.1) is 13.2 Å². The van der Waals surface area contributed by atoms with Crippen molar-refractivity contribution in [2.75, 3.05) is 7.11 Å². The Hall–Kier alpha value is -2.49. The molecule has 0 unspecified atom stereocenters. The lowest BCUT2D eigenvalue weighted by atomic mass is 9.87. The van der Waals surface area contributed by atoms with Gasteiger partial charge >= 0.3 is 0 Å². The van der Waals surface area contributed by atoms with Gasteiger partial charge in [-0.25, -0.2) is 0 Å². The molecule has 2 atom stereocenters. The van der Waals surface area contributed by atoms with E-state index in [1.165, 1.54) is 5.56 Å². The van der Waals surface area contributed by atoms with Crippen LogP contribution in [0.1, 0.15) is 63.8 Å². The van der Waals surface area contributed by atoms with Gasteiger partial charge in [-0.1, -0.05) is 52.0 Å². The molecule has 1 amide bonds. The van der Waals surface area contributed by atoms with E-state index in [1.54, 1.807) is 14.0 Å². The van der Waals surface area contributed by atoms with Crippen LogP contribution < -0.4 is 14.8 Å². The first kappa shape index (κ1) is 21.8. The van der Waals surface area contributed by atoms with Gasteiger partial charge in [-0.2, -0.15) is 0 Å². The van der Waals surface area contributed by atoms with Crippen molar-refractivity contribution in [3.8, 4) is 11.5 Å². The Morgan fingerprint density at radius 2 is 1.75 bits per heavy atom. The first-order chi connectivity index (χ1) is 13.2. The molecule has 0 aromatic heterocycles. The third-order valence-corrected chi connectivity index (χ3v) is 4.95. The third kappa shape index (κ3) is 5.51. The average Bonchev–Trinajstić information content (AvgIpc) is 2.65. The first-order valence-electron chi connectivity index (χ1n) is 9.87. The van der Waals surface area contributed by atoms with E-state index in [4.69, 9.17) is 9.47 Å². The molecule has 0 bridgehead atoms. The number of ether oxygens (including phenoxy) is 2. The Labute approximate surface area is 169 Å². The van der Waals surface area contributed by atoms with Gasteiger partial charge < -0.3 is 14.8 Å². The number of amides is 1. The van der Waals surface area contributed by atoms with Crippen LogP contribution in [-0.2, 0) is 10.2 Å². The van der Waals surface area contributed by atoms with E-state index in [-0.39, 0.29) is 17.4 Å². The highest BCUT2D eigenvalue weighted by atomic mass is 16.5. The summed E-state index contributed by atoms with van der Waals surface area (Å²) in [5.74, 6) is 1.42. The van der Waals surface area contributed by atoms with E-state index in [0.717, 1.165) is 23.3 Å². The SMILES string of the molecule is CC[C@H](NC(=O)[C@@H](C)Oc1ccc(C(C)(C)C)cc1)c1ccc(OC)c(C)c1. The fourth-order valence-electron chi connectivity index (χ4n) is 3.12. The van der Waals surface area contributed by atoms with Crippen LogP contribution >= 0.6 is 0 Å². The van der Waals surface area contributed by atoms with Crippen molar-refractivity contribution in [3.05, 3.63) is 59.2 Å². The minimum absolute atomic E-state index is 0.0635. The van der Waals surface area contributed by atoms with Gasteiger partial charge in [-0.15, -0.1) is 0 Å². The molecule has 0 spiro atoms. The van der Waals surface area contributed by atoms with Crippen molar-refractivity contribution in [2.45, 2.75) is 65.5 Å². The van der Waals surface area contributed by atoms with E-state index in [2.05, 4.69) is 51.2 Å². The summed E-state index contributed by atoms with van der Waals surface area (Å²) in [6.07, 6.45) is 0.221. The number of rotatable bonds is 7. The molecule has 1 N–H and O–H groups in total. The maximum absolute atomic E-state index is 12.7. The van der Waals surface area contributed by atoms with Gasteiger partial charge in [0.15, 0.2) is 6.10 Å². The second kappa shape index (κ2) is 9.13. The fourth-order valence-corrected chi connectivity index (χ4v) is 3.12. The molecule has 152 valence electrons. The second-order valence-corrected chi connectivity index (χ2v) is 8.23. The Morgan fingerprint density at radius 3 is 2.25 bits per heavy atom. The number of benzene rings is 2. The van der Waals surface area contributed by atoms with Gasteiger partial charge in [0.25, 0.3) is 5.91 Å². The zero-order valence-corrected chi connectivity index (χ0v) is 18.1. The molecular weight excluding hydrogens is 350 g/mol. The summed E-state index contributed by atoms with van der Waals surface area (Å²) in [5.41, 5.74) is 3.44. The van der Waals surface area contributed by atoms with Crippen molar-refractivity contribution in [3.63, 3.8) is 0 Å². The van der Waals surface area contributed by atoms with Crippen molar-refractivity contribution < 1.29 is 14.3 Å². The standard InChI is InChI=1S/C24H33NO3/c1-8-21(18-9-14-22(27-7)16(2)15-18)25-23(26)17(3)28-20-12-10-19(11-13-20)24(4,5)6/h9-15,17,21H,8H2,1-7H3,(H,25,26)/t17-,21+/m1/s1. The molecule has 4 heteroatoms. The van der Waals surface area contributed by atoms with Crippen LogP contribution in [0.5, 0.6) is 11.5 Å². The lowest BCUT2D eigenvalue weighted by Gasteiger charge is -2.22. The zero-order chi connectivity index (χ0) is 20.9. The summed E-state index contributed by atoms with van der Waals surface area (Å²) in [5, 5.41) is 3.10. The molecule has 0 heterocycles. The van der Waals surface area contributed by atoms with Gasteiger partial charge in [0.1, 0.15) is 11.5 Å². The number of hydrogen-bond acceptors (Lipinski definition) is 3. The smallest absolute Gasteiger partial charge is 0.261 e. The Kier molecular flexibility index (Phi) is 7.11. The molecule has 0 aliphatic rings. The van der Waals surface area contributed by atoms with Crippen LogP contribution in [0.2, 0.25) is 0 Å². The lowest BCUT2D eigenvalue weighted by molar-refractivity contribution is -0.128. The summed E-state index contributed by atoms with van der Waals surface area (Å²) in [7, 11) is 1.66. The molecule has 2 aromatic rings. The van der Waals surface area contributed by atoms with Gasteiger partial charge in [-0.3, -0.25) is 4.79 Å². The molecular formula is C24H33NO3. The summed E-state index contributed by atoms with van der Waals surface area (Å²) in [6, 6.07) is 13.9. The highest BCUT2D eigenvalue weighted by molar-refractivity contribution is 5.81. The minimum atomic E-state index is -0.575. The predicted molar refractivity (Wildman–Crippen MR) is 114 cm³/mol. The van der Waals surface area contributed by atoms with E-state index >= 15 is 0 Å². The normalized spacial score (nSPS) is 13.5. The molecule has 0 aliphatic heterocycles. The second-order valence-electron chi connectivity index (χ2n) is 8.23. The molecule has 2 aromatic carbocycles. The van der Waals surface area contributed by atoms with E-state index in [1.807, 2.05) is 31.2 Å². The molecule has 28 heavy (non-hydrogen) atoms. The fraction of sp³-hybridized carbons (Fsp3) is 0.458. The molecule has 0 fully saturated rings. The Balaban J connectivity index is 2.02. The summed E-state index contributed by atoms with van der Waals surface area (Å²) >= 11 is 0. The van der Waals surface area contributed by atoms with Crippen LogP contribution in [0.4, 0.5) is 0 Å². The van der Waals surface area contributed by atoms with Crippen LogP contribution in [0.3, 0.4) is 0 Å². The number of aryl methyl sites for hydroxylation is 1. The largest absolute Gasteiger partial charge is 0.496 e. The maximum Gasteiger partial charge on any atom is 0.261 e. The molecule has 0 radical (unpaired) electrons. The average molecular weight is 384 g/mol. The topological polar surface area (TPSA) is 47.6 Å². The van der Waals surface area contributed by atoms with Crippen LogP contribution in [0.15, 0.2) is 42.5 Å². The molecule has 4 nitrogen and oxygen atoms in total. The lowest BCUT2D eigenvalue weighted by Crippen LogP contribution is -2.38. The molecule has 2 rings (SSSR count). The van der Waals surface area contributed by atoms with E-state index in [0.29, 0.717) is 5.75 Å². The van der Waals surface area contributed by atoms with Crippen LogP contribution in [-0.4, -0.2) is 19.1 Å². The van der Waals surface area contributed by atoms with Crippen molar-refractivity contribution in [1.82, 2.24) is 5.32 Å². The summed E-state index contributed by atoms with van der Waals surface area (Å²) in [6.45, 7) is 12.4. The number of methoxy groups -OCH3 is 1. The maximum atomic E-state index is 12.7. The van der Waals surface area contributed by atoms with Crippen LogP contribution in [0, 0.1) is 6.92 Å². The van der Waals surface area contributed by atoms with Crippen molar-refractivity contribution >= 4 is 5.91 Å². The van der Waals surface area contributed by atoms with E-state index < -0.39 is 6.10 Å². The van der Waals surface area contributed by atoms with Gasteiger partial charge in [0, 0.05) is 0 Å².